The molecule has 2 aromatic carbocycles. The number of carbonyl (C=O) groups excluding carboxylic acids is 1. The molecule has 0 saturated carbocycles. The minimum Gasteiger partial charge on any atom is -0.467 e. The van der Waals surface area contributed by atoms with E-state index in [1.165, 1.54) is 11.6 Å². The fraction of sp³-hybridized carbons (Fsp3) is 0.308. The second-order valence-electron chi connectivity index (χ2n) is 8.60. The van der Waals surface area contributed by atoms with Gasteiger partial charge in [0.15, 0.2) is 0 Å². The van der Waals surface area contributed by atoms with Gasteiger partial charge in [0.1, 0.15) is 17.6 Å². The van der Waals surface area contributed by atoms with Gasteiger partial charge >= 0.3 is 0 Å². The van der Waals surface area contributed by atoms with Crippen LogP contribution in [-0.4, -0.2) is 54.3 Å². The molecule has 1 amide bonds. The summed E-state index contributed by atoms with van der Waals surface area (Å²) in [5.74, 6) is 0.467. The van der Waals surface area contributed by atoms with Gasteiger partial charge in [-0.05, 0) is 36.8 Å². The number of anilines is 1. The Kier molecular flexibility index (Phi) is 5.96. The highest BCUT2D eigenvalue weighted by Gasteiger charge is 2.35. The number of furan rings is 1. The molecule has 2 aliphatic heterocycles. The summed E-state index contributed by atoms with van der Waals surface area (Å²) < 4.78 is 19.8. The average molecular weight is 447 g/mol. The Morgan fingerprint density at radius 1 is 1.03 bits per heavy atom. The van der Waals surface area contributed by atoms with E-state index in [2.05, 4.69) is 17.0 Å². The Hall–Kier alpha value is -3.45. The van der Waals surface area contributed by atoms with Gasteiger partial charge in [0.25, 0.3) is 5.91 Å². The van der Waals surface area contributed by atoms with Gasteiger partial charge in [-0.1, -0.05) is 42.0 Å². The highest BCUT2D eigenvalue weighted by molar-refractivity contribution is 6.03. The van der Waals surface area contributed by atoms with Crippen LogP contribution in [0, 0.1) is 12.7 Å². The molecule has 0 bridgehead atoms. The summed E-state index contributed by atoms with van der Waals surface area (Å²) in [5.41, 5.74) is 3.70. The Balaban J connectivity index is 1.28. The molecule has 1 saturated heterocycles. The van der Waals surface area contributed by atoms with Gasteiger partial charge in [-0.3, -0.25) is 9.69 Å². The third-order valence-corrected chi connectivity index (χ3v) is 6.35. The number of piperazine rings is 1. The van der Waals surface area contributed by atoms with Gasteiger partial charge in [0.05, 0.1) is 24.2 Å². The largest absolute Gasteiger partial charge is 0.467 e. The Bertz CT molecular complexity index is 1140. The molecule has 1 fully saturated rings. The van der Waals surface area contributed by atoms with E-state index in [0.717, 1.165) is 17.0 Å². The molecule has 0 aliphatic carbocycles. The molecule has 0 radical (unpaired) electrons. The van der Waals surface area contributed by atoms with E-state index < -0.39 is 0 Å². The number of hydrogen-bond donors (Lipinski definition) is 0. The Labute approximate surface area is 192 Å². The topological polar surface area (TPSA) is 52.3 Å². The zero-order valence-electron chi connectivity index (χ0n) is 18.7. The monoisotopic (exact) mass is 446 g/mol. The number of halogens is 1. The van der Waals surface area contributed by atoms with Gasteiger partial charge in [-0.25, -0.2) is 9.40 Å². The molecular weight excluding hydrogens is 419 g/mol. The van der Waals surface area contributed by atoms with Crippen LogP contribution in [0.15, 0.2) is 76.4 Å². The van der Waals surface area contributed by atoms with E-state index >= 15 is 0 Å². The van der Waals surface area contributed by atoms with Crippen LogP contribution in [0.3, 0.4) is 0 Å². The second-order valence-corrected chi connectivity index (χ2v) is 8.60. The molecule has 0 spiro atoms. The van der Waals surface area contributed by atoms with Crippen LogP contribution >= 0.6 is 0 Å². The van der Waals surface area contributed by atoms with Crippen molar-refractivity contribution in [1.29, 1.82) is 0 Å². The van der Waals surface area contributed by atoms with Crippen molar-refractivity contribution in [3.63, 3.8) is 0 Å². The van der Waals surface area contributed by atoms with Gasteiger partial charge < -0.3 is 9.32 Å². The molecule has 1 aromatic heterocycles. The second kappa shape index (κ2) is 9.19. The molecule has 170 valence electrons. The summed E-state index contributed by atoms with van der Waals surface area (Å²) in [7, 11) is 0. The molecule has 7 heteroatoms. The van der Waals surface area contributed by atoms with E-state index in [4.69, 9.17) is 9.52 Å². The Morgan fingerprint density at radius 3 is 2.48 bits per heavy atom. The third kappa shape index (κ3) is 4.54. The van der Waals surface area contributed by atoms with Crippen LogP contribution in [0.1, 0.15) is 29.3 Å². The normalized spacial score (nSPS) is 19.1. The van der Waals surface area contributed by atoms with Crippen molar-refractivity contribution in [2.24, 2.45) is 5.10 Å². The standard InChI is InChI=1S/C26H27FN4O2/c1-19-8-10-20(11-9-19)22-17-24(25-7-4-16-33-25)31(28-22)26(32)18-29-12-14-30(15-13-29)23-6-3-2-5-21(23)27/h2-11,16,24H,12-15,17-18H2,1H3. The third-order valence-electron chi connectivity index (χ3n) is 6.35. The molecule has 33 heavy (non-hydrogen) atoms. The van der Waals surface area contributed by atoms with E-state index in [1.807, 2.05) is 42.2 Å². The lowest BCUT2D eigenvalue weighted by molar-refractivity contribution is -0.134. The van der Waals surface area contributed by atoms with Crippen molar-refractivity contribution >= 4 is 17.3 Å². The summed E-state index contributed by atoms with van der Waals surface area (Å²) in [4.78, 5) is 17.5. The summed E-state index contributed by atoms with van der Waals surface area (Å²) >= 11 is 0. The van der Waals surface area contributed by atoms with Crippen molar-refractivity contribution in [1.82, 2.24) is 9.91 Å². The van der Waals surface area contributed by atoms with Crippen molar-refractivity contribution in [3.8, 4) is 0 Å². The summed E-state index contributed by atoms with van der Waals surface area (Å²) in [5, 5.41) is 6.30. The van der Waals surface area contributed by atoms with E-state index in [0.29, 0.717) is 38.3 Å². The average Bonchev–Trinajstić information content (AvgIpc) is 3.51. The molecule has 5 rings (SSSR count). The zero-order valence-corrected chi connectivity index (χ0v) is 18.7. The predicted octanol–water partition coefficient (Wildman–Crippen LogP) is 4.23. The number of benzene rings is 2. The maximum absolute atomic E-state index is 14.1. The van der Waals surface area contributed by atoms with Gasteiger partial charge in [-0.2, -0.15) is 5.10 Å². The number of para-hydroxylation sites is 1. The molecular formula is C26H27FN4O2. The first kappa shape index (κ1) is 21.4. The number of aryl methyl sites for hydroxylation is 1. The minimum absolute atomic E-state index is 0.0575. The first-order valence-corrected chi connectivity index (χ1v) is 11.3. The maximum Gasteiger partial charge on any atom is 0.257 e. The van der Waals surface area contributed by atoms with E-state index in [1.54, 1.807) is 23.4 Å². The maximum atomic E-state index is 14.1. The van der Waals surface area contributed by atoms with Crippen molar-refractivity contribution in [2.45, 2.75) is 19.4 Å². The van der Waals surface area contributed by atoms with Gasteiger partial charge in [0.2, 0.25) is 0 Å². The van der Waals surface area contributed by atoms with E-state index in [9.17, 15) is 9.18 Å². The molecule has 1 unspecified atom stereocenters. The molecule has 1 atom stereocenters. The van der Waals surface area contributed by atoms with E-state index in [-0.39, 0.29) is 24.3 Å². The van der Waals surface area contributed by atoms with Crippen LogP contribution in [0.4, 0.5) is 10.1 Å². The molecule has 3 aromatic rings. The lowest BCUT2D eigenvalue weighted by atomic mass is 10.0. The smallest absolute Gasteiger partial charge is 0.257 e. The van der Waals surface area contributed by atoms with Gasteiger partial charge in [-0.15, -0.1) is 0 Å². The number of amides is 1. The van der Waals surface area contributed by atoms with Crippen LogP contribution in [0.25, 0.3) is 0 Å². The molecule has 2 aliphatic rings. The van der Waals surface area contributed by atoms with Crippen molar-refractivity contribution < 1.29 is 13.6 Å². The fourth-order valence-corrected chi connectivity index (χ4v) is 4.48. The van der Waals surface area contributed by atoms with Crippen molar-refractivity contribution in [2.75, 3.05) is 37.6 Å². The summed E-state index contributed by atoms with van der Waals surface area (Å²) in [6.07, 6.45) is 2.24. The van der Waals surface area contributed by atoms with Crippen LogP contribution in [0.2, 0.25) is 0 Å². The lowest BCUT2D eigenvalue weighted by Crippen LogP contribution is -2.49. The molecule has 6 nitrogen and oxygen atoms in total. The number of nitrogens with zero attached hydrogens (tertiary/aromatic N) is 4. The lowest BCUT2D eigenvalue weighted by Gasteiger charge is -2.36. The zero-order chi connectivity index (χ0) is 22.8. The quantitative estimate of drug-likeness (QED) is 0.589. The first-order chi connectivity index (χ1) is 16.1. The highest BCUT2D eigenvalue weighted by atomic mass is 19.1. The highest BCUT2D eigenvalue weighted by Crippen LogP contribution is 2.33. The van der Waals surface area contributed by atoms with Crippen LogP contribution < -0.4 is 4.90 Å². The summed E-state index contributed by atoms with van der Waals surface area (Å²) in [6, 6.07) is 18.5. The van der Waals surface area contributed by atoms with Gasteiger partial charge in [0, 0.05) is 32.6 Å². The Morgan fingerprint density at radius 2 is 1.79 bits per heavy atom. The summed E-state index contributed by atoms with van der Waals surface area (Å²) in [6.45, 7) is 5.05. The number of carbonyl (C=O) groups is 1. The number of rotatable bonds is 5. The first-order valence-electron chi connectivity index (χ1n) is 11.3. The number of hydrazone groups is 1. The van der Waals surface area contributed by atoms with Crippen molar-refractivity contribution in [3.05, 3.63) is 89.6 Å². The predicted molar refractivity (Wildman–Crippen MR) is 126 cm³/mol. The minimum atomic E-state index is -0.247. The SMILES string of the molecule is Cc1ccc(C2=NN(C(=O)CN3CCN(c4ccccc4F)CC3)C(c3ccco3)C2)cc1. The number of hydrogen-bond acceptors (Lipinski definition) is 5. The fourth-order valence-electron chi connectivity index (χ4n) is 4.48. The molecule has 3 heterocycles. The molecule has 0 N–H and O–H groups in total. The van der Waals surface area contributed by atoms with Crippen LogP contribution in [-0.2, 0) is 4.79 Å². The van der Waals surface area contributed by atoms with Crippen LogP contribution in [0.5, 0.6) is 0 Å².